The second kappa shape index (κ2) is 6.84. The first-order chi connectivity index (χ1) is 11.5. The summed E-state index contributed by atoms with van der Waals surface area (Å²) >= 11 is 0. The van der Waals surface area contributed by atoms with E-state index in [1.807, 2.05) is 31.2 Å². The van der Waals surface area contributed by atoms with Crippen molar-refractivity contribution >= 4 is 17.6 Å². The number of carbonyl (C=O) groups is 2. The Balaban J connectivity index is 1.75. The first-order valence-corrected chi connectivity index (χ1v) is 7.88. The summed E-state index contributed by atoms with van der Waals surface area (Å²) in [7, 11) is 0. The number of benzene rings is 2. The molecular weight excluding hydrogens is 306 g/mol. The van der Waals surface area contributed by atoms with Gasteiger partial charge >= 0.3 is 5.97 Å². The zero-order chi connectivity index (χ0) is 17.1. The van der Waals surface area contributed by atoms with Crippen LogP contribution in [0.3, 0.4) is 0 Å². The van der Waals surface area contributed by atoms with Gasteiger partial charge in [-0.15, -0.1) is 0 Å². The Bertz CT molecular complexity index is 785. The molecule has 1 aliphatic rings. The molecule has 0 saturated carbocycles. The van der Waals surface area contributed by atoms with Crippen molar-refractivity contribution in [2.75, 3.05) is 11.9 Å². The minimum absolute atomic E-state index is 0.0910. The van der Waals surface area contributed by atoms with Crippen LogP contribution in [0.15, 0.2) is 42.5 Å². The molecule has 0 aromatic heterocycles. The third kappa shape index (κ3) is 3.46. The van der Waals surface area contributed by atoms with E-state index in [2.05, 4.69) is 5.32 Å². The number of carbonyl (C=O) groups excluding carboxylic acids is 1. The number of amides is 1. The predicted octanol–water partition coefficient (Wildman–Crippen LogP) is 3.34. The molecule has 24 heavy (non-hydrogen) atoms. The van der Waals surface area contributed by atoms with Crippen LogP contribution < -0.4 is 5.32 Å². The maximum absolute atomic E-state index is 12.4. The first-order valence-electron chi connectivity index (χ1n) is 7.88. The van der Waals surface area contributed by atoms with Crippen LogP contribution in [-0.2, 0) is 16.0 Å². The van der Waals surface area contributed by atoms with Gasteiger partial charge in [0, 0.05) is 0 Å². The van der Waals surface area contributed by atoms with Crippen molar-refractivity contribution in [1.82, 2.24) is 0 Å². The van der Waals surface area contributed by atoms with Gasteiger partial charge in [0.25, 0.3) is 0 Å². The van der Waals surface area contributed by atoms with Gasteiger partial charge < -0.3 is 15.2 Å². The van der Waals surface area contributed by atoms with Crippen molar-refractivity contribution < 1.29 is 19.4 Å². The maximum Gasteiger partial charge on any atom is 0.337 e. The highest BCUT2D eigenvalue weighted by molar-refractivity contribution is 6.00. The summed E-state index contributed by atoms with van der Waals surface area (Å²) in [5, 5.41) is 12.0. The summed E-state index contributed by atoms with van der Waals surface area (Å²) < 4.78 is 5.73. The number of nitrogens with one attached hydrogen (secondary N) is 1. The monoisotopic (exact) mass is 325 g/mol. The molecule has 0 aliphatic carbocycles. The van der Waals surface area contributed by atoms with Gasteiger partial charge in [-0.25, -0.2) is 4.79 Å². The van der Waals surface area contributed by atoms with E-state index in [0.717, 1.165) is 17.5 Å². The predicted molar refractivity (Wildman–Crippen MR) is 90.2 cm³/mol. The zero-order valence-electron chi connectivity index (χ0n) is 13.4. The molecule has 0 fully saturated rings. The summed E-state index contributed by atoms with van der Waals surface area (Å²) in [6.07, 6.45) is 0.702. The molecular formula is C19H19NO4. The van der Waals surface area contributed by atoms with Crippen LogP contribution in [0.25, 0.3) is 0 Å². The fourth-order valence-electron chi connectivity index (χ4n) is 2.96. The summed E-state index contributed by atoms with van der Waals surface area (Å²) in [5.74, 6) is -1.32. The molecule has 124 valence electrons. The number of aryl methyl sites for hydroxylation is 1. The Hall–Kier alpha value is -2.66. The molecule has 0 spiro atoms. The van der Waals surface area contributed by atoms with Crippen molar-refractivity contribution in [3.05, 3.63) is 64.7 Å². The Kier molecular flexibility index (Phi) is 4.62. The van der Waals surface area contributed by atoms with E-state index < -0.39 is 5.97 Å². The minimum Gasteiger partial charge on any atom is -0.478 e. The van der Waals surface area contributed by atoms with Crippen molar-refractivity contribution in [3.63, 3.8) is 0 Å². The van der Waals surface area contributed by atoms with E-state index in [0.29, 0.717) is 12.3 Å². The molecule has 3 rings (SSSR count). The summed E-state index contributed by atoms with van der Waals surface area (Å²) in [5.41, 5.74) is 3.45. The lowest BCUT2D eigenvalue weighted by molar-refractivity contribution is -0.119. The molecule has 5 heteroatoms. The second-order valence-corrected chi connectivity index (χ2v) is 5.91. The van der Waals surface area contributed by atoms with Gasteiger partial charge in [-0.1, -0.05) is 35.9 Å². The number of fused-ring (bicyclic) bond motifs is 1. The fraction of sp³-hybridized carbons (Fsp3) is 0.263. The number of ether oxygens (including phenoxy) is 1. The molecule has 0 saturated heterocycles. The average Bonchev–Trinajstić information content (AvgIpc) is 2.56. The number of rotatable bonds is 4. The molecule has 1 atom stereocenters. The van der Waals surface area contributed by atoms with Crippen LogP contribution >= 0.6 is 0 Å². The van der Waals surface area contributed by atoms with Crippen LogP contribution in [0.1, 0.15) is 39.6 Å². The average molecular weight is 325 g/mol. The number of anilines is 1. The van der Waals surface area contributed by atoms with E-state index in [9.17, 15) is 14.7 Å². The van der Waals surface area contributed by atoms with Gasteiger partial charge in [0.15, 0.2) is 0 Å². The van der Waals surface area contributed by atoms with Crippen LogP contribution in [-0.4, -0.2) is 23.6 Å². The first kappa shape index (κ1) is 16.2. The lowest BCUT2D eigenvalue weighted by Gasteiger charge is -2.25. The number of hydrogen-bond donors (Lipinski definition) is 2. The molecule has 2 aromatic rings. The van der Waals surface area contributed by atoms with E-state index in [-0.39, 0.29) is 24.0 Å². The lowest BCUT2D eigenvalue weighted by atomic mass is 9.95. The molecule has 1 unspecified atom stereocenters. The molecule has 2 N–H and O–H groups in total. The van der Waals surface area contributed by atoms with Gasteiger partial charge in [-0.05, 0) is 36.6 Å². The zero-order valence-corrected chi connectivity index (χ0v) is 13.4. The Morgan fingerprint density at radius 1 is 1.25 bits per heavy atom. The van der Waals surface area contributed by atoms with E-state index in [4.69, 9.17) is 4.74 Å². The van der Waals surface area contributed by atoms with E-state index in [1.54, 1.807) is 18.2 Å². The Labute approximate surface area is 140 Å². The van der Waals surface area contributed by atoms with Crippen molar-refractivity contribution in [2.45, 2.75) is 25.9 Å². The molecule has 1 heterocycles. The molecule has 5 nitrogen and oxygen atoms in total. The van der Waals surface area contributed by atoms with E-state index in [1.165, 1.54) is 5.56 Å². The largest absolute Gasteiger partial charge is 0.478 e. The SMILES string of the molecule is Cc1ccc(NC(=O)CC2OCCc3ccccc32)c(C(=O)O)c1. The molecule has 1 amide bonds. The smallest absolute Gasteiger partial charge is 0.337 e. The van der Waals surface area contributed by atoms with Gasteiger partial charge in [-0.3, -0.25) is 4.79 Å². The molecule has 0 bridgehead atoms. The molecule has 2 aromatic carbocycles. The highest BCUT2D eigenvalue weighted by atomic mass is 16.5. The normalized spacial score (nSPS) is 16.3. The van der Waals surface area contributed by atoms with Gasteiger partial charge in [0.1, 0.15) is 0 Å². The Morgan fingerprint density at radius 2 is 2.04 bits per heavy atom. The van der Waals surface area contributed by atoms with Gasteiger partial charge in [-0.2, -0.15) is 0 Å². The number of carboxylic acid groups (broad SMARTS) is 1. The maximum atomic E-state index is 12.4. The van der Waals surface area contributed by atoms with Crippen LogP contribution in [0, 0.1) is 6.92 Å². The van der Waals surface area contributed by atoms with Crippen molar-refractivity contribution in [2.24, 2.45) is 0 Å². The Morgan fingerprint density at radius 3 is 2.83 bits per heavy atom. The van der Waals surface area contributed by atoms with Crippen LogP contribution in [0.2, 0.25) is 0 Å². The summed E-state index contributed by atoms with van der Waals surface area (Å²) in [4.78, 5) is 23.7. The highest BCUT2D eigenvalue weighted by Gasteiger charge is 2.23. The topological polar surface area (TPSA) is 75.6 Å². The summed E-state index contributed by atoms with van der Waals surface area (Å²) in [6, 6.07) is 12.9. The van der Waals surface area contributed by atoms with Crippen molar-refractivity contribution in [1.29, 1.82) is 0 Å². The fourth-order valence-corrected chi connectivity index (χ4v) is 2.96. The second-order valence-electron chi connectivity index (χ2n) is 5.91. The molecule has 1 aliphatic heterocycles. The third-order valence-electron chi connectivity index (χ3n) is 4.14. The van der Waals surface area contributed by atoms with Crippen LogP contribution in [0.5, 0.6) is 0 Å². The van der Waals surface area contributed by atoms with Gasteiger partial charge in [0.2, 0.25) is 5.91 Å². The van der Waals surface area contributed by atoms with E-state index >= 15 is 0 Å². The highest BCUT2D eigenvalue weighted by Crippen LogP contribution is 2.30. The number of carboxylic acids is 1. The summed E-state index contributed by atoms with van der Waals surface area (Å²) in [6.45, 7) is 2.39. The molecule has 0 radical (unpaired) electrons. The van der Waals surface area contributed by atoms with Gasteiger partial charge in [0.05, 0.1) is 30.4 Å². The number of hydrogen-bond acceptors (Lipinski definition) is 3. The third-order valence-corrected chi connectivity index (χ3v) is 4.14. The quantitative estimate of drug-likeness (QED) is 0.904. The number of aromatic carboxylic acids is 1. The standard InChI is InChI=1S/C19H19NO4/c1-12-6-7-16(15(10-12)19(22)23)20-18(21)11-17-14-5-3-2-4-13(14)8-9-24-17/h2-7,10,17H,8-9,11H2,1H3,(H,20,21)(H,22,23). The van der Waals surface area contributed by atoms with Crippen LogP contribution in [0.4, 0.5) is 5.69 Å². The minimum atomic E-state index is -1.06. The van der Waals surface area contributed by atoms with Crippen molar-refractivity contribution in [3.8, 4) is 0 Å². The lowest BCUT2D eigenvalue weighted by Crippen LogP contribution is -2.23.